The van der Waals surface area contributed by atoms with Crippen LogP contribution in [0, 0.1) is 6.92 Å². The summed E-state index contributed by atoms with van der Waals surface area (Å²) in [6.07, 6.45) is 2.96. The average Bonchev–Trinajstić information content (AvgIpc) is 3.11. The maximum Gasteiger partial charge on any atom is 0.248 e. The third-order valence-electron chi connectivity index (χ3n) is 4.41. The van der Waals surface area contributed by atoms with Gasteiger partial charge >= 0.3 is 0 Å². The van der Waals surface area contributed by atoms with Gasteiger partial charge in [-0.15, -0.1) is 0 Å². The Morgan fingerprint density at radius 1 is 1.10 bits per heavy atom. The van der Waals surface area contributed by atoms with E-state index in [1.54, 1.807) is 36.4 Å². The van der Waals surface area contributed by atoms with E-state index < -0.39 is 0 Å². The van der Waals surface area contributed by atoms with Gasteiger partial charge < -0.3 is 14.8 Å². The summed E-state index contributed by atoms with van der Waals surface area (Å²) in [7, 11) is 0. The van der Waals surface area contributed by atoms with Crippen LogP contribution in [0.1, 0.15) is 11.1 Å². The molecule has 2 N–H and O–H groups in total. The molecule has 1 aromatic heterocycles. The summed E-state index contributed by atoms with van der Waals surface area (Å²) in [5.41, 5.74) is 3.91. The number of amides is 1. The normalized spacial score (nSPS) is 11.3. The zero-order chi connectivity index (χ0) is 21.3. The van der Waals surface area contributed by atoms with Crippen molar-refractivity contribution in [2.24, 2.45) is 0 Å². The first-order chi connectivity index (χ1) is 14.4. The Hall–Kier alpha value is -3.28. The van der Waals surface area contributed by atoms with Crippen molar-refractivity contribution < 1.29 is 14.3 Å². The Labute approximate surface area is 182 Å². The fourth-order valence-corrected chi connectivity index (χ4v) is 3.40. The maximum atomic E-state index is 12.3. The van der Waals surface area contributed by atoms with Crippen molar-refractivity contribution in [1.29, 1.82) is 0 Å². The Morgan fingerprint density at radius 2 is 1.93 bits per heavy atom. The van der Waals surface area contributed by atoms with E-state index in [-0.39, 0.29) is 17.5 Å². The minimum Gasteiger partial charge on any atom is -0.507 e. The van der Waals surface area contributed by atoms with E-state index in [0.717, 1.165) is 5.56 Å². The highest BCUT2D eigenvalue weighted by atomic mass is 35.5. The first-order valence-electron chi connectivity index (χ1n) is 9.04. The number of anilines is 1. The number of hydrogen-bond donors (Lipinski definition) is 2. The third-order valence-corrected chi connectivity index (χ3v) is 4.98. The van der Waals surface area contributed by atoms with Crippen LogP contribution >= 0.6 is 23.2 Å². The number of halogens is 2. The summed E-state index contributed by atoms with van der Waals surface area (Å²) >= 11 is 12.0. The summed E-state index contributed by atoms with van der Waals surface area (Å²) in [4.78, 5) is 16.7. The number of nitrogens with one attached hydrogen (secondary N) is 1. The van der Waals surface area contributed by atoms with Crippen LogP contribution in [-0.2, 0) is 4.79 Å². The van der Waals surface area contributed by atoms with Crippen LogP contribution in [0.5, 0.6) is 5.75 Å². The third kappa shape index (κ3) is 4.32. The van der Waals surface area contributed by atoms with Crippen LogP contribution < -0.4 is 5.32 Å². The predicted octanol–water partition coefficient (Wildman–Crippen LogP) is 6.47. The summed E-state index contributed by atoms with van der Waals surface area (Å²) in [5, 5.41) is 14.0. The van der Waals surface area contributed by atoms with Crippen LogP contribution in [0.15, 0.2) is 65.1 Å². The standard InChI is InChI=1S/C23H16Cl2N2O3/c1-13-2-8-21-19(10-13)27-23(30-21)17-12-16(6-7-20(17)28)26-22(29)9-4-14-3-5-15(24)11-18(14)25/h2-12,28H,1H3,(H,26,29). The van der Waals surface area contributed by atoms with E-state index in [1.807, 2.05) is 25.1 Å². The molecule has 0 atom stereocenters. The van der Waals surface area contributed by atoms with Crippen molar-refractivity contribution in [3.8, 4) is 17.2 Å². The summed E-state index contributed by atoms with van der Waals surface area (Å²) in [5.74, 6) is -0.0849. The molecule has 0 spiro atoms. The molecule has 7 heteroatoms. The maximum absolute atomic E-state index is 12.3. The van der Waals surface area contributed by atoms with E-state index in [0.29, 0.717) is 38.0 Å². The highest BCUT2D eigenvalue weighted by molar-refractivity contribution is 6.35. The molecular weight excluding hydrogens is 423 g/mol. The van der Waals surface area contributed by atoms with Crippen LogP contribution in [-0.4, -0.2) is 16.0 Å². The van der Waals surface area contributed by atoms with E-state index in [9.17, 15) is 9.90 Å². The lowest BCUT2D eigenvalue weighted by molar-refractivity contribution is -0.111. The molecule has 0 saturated heterocycles. The van der Waals surface area contributed by atoms with Gasteiger partial charge in [0.15, 0.2) is 5.58 Å². The lowest BCUT2D eigenvalue weighted by Gasteiger charge is -2.06. The Bertz CT molecular complexity index is 1300. The molecule has 30 heavy (non-hydrogen) atoms. The number of nitrogens with zero attached hydrogens (tertiary/aromatic N) is 1. The van der Waals surface area contributed by atoms with Gasteiger partial charge in [0.05, 0.1) is 5.56 Å². The van der Waals surface area contributed by atoms with E-state index in [1.165, 1.54) is 12.1 Å². The zero-order valence-corrected chi connectivity index (χ0v) is 17.3. The Kier molecular flexibility index (Phi) is 5.48. The zero-order valence-electron chi connectivity index (χ0n) is 15.8. The van der Waals surface area contributed by atoms with Gasteiger partial charge in [0, 0.05) is 21.8 Å². The summed E-state index contributed by atoms with van der Waals surface area (Å²) in [6.45, 7) is 1.96. The van der Waals surface area contributed by atoms with Crippen LogP contribution in [0.3, 0.4) is 0 Å². The first kappa shape index (κ1) is 20.0. The number of carbonyl (C=O) groups is 1. The molecular formula is C23H16Cl2N2O3. The van der Waals surface area contributed by atoms with E-state index in [4.69, 9.17) is 27.6 Å². The molecule has 0 aliphatic heterocycles. The van der Waals surface area contributed by atoms with Gasteiger partial charge in [0.1, 0.15) is 11.3 Å². The SMILES string of the molecule is Cc1ccc2oc(-c3cc(NC(=O)C=Cc4ccc(Cl)cc4Cl)ccc3O)nc2c1. The summed E-state index contributed by atoms with van der Waals surface area (Å²) < 4.78 is 5.75. The first-order valence-corrected chi connectivity index (χ1v) is 9.79. The van der Waals surface area contributed by atoms with Gasteiger partial charge in [-0.2, -0.15) is 0 Å². The molecule has 4 aromatic rings. The number of aromatic nitrogens is 1. The number of phenols is 1. The molecule has 0 bridgehead atoms. The topological polar surface area (TPSA) is 75.4 Å². The second-order valence-corrected chi connectivity index (χ2v) is 7.55. The van der Waals surface area contributed by atoms with Crippen LogP contribution in [0.25, 0.3) is 28.6 Å². The minimum absolute atomic E-state index is 0.000217. The smallest absolute Gasteiger partial charge is 0.248 e. The quantitative estimate of drug-likeness (QED) is 0.282. The Morgan fingerprint density at radius 3 is 2.73 bits per heavy atom. The molecule has 0 aliphatic rings. The second kappa shape index (κ2) is 8.22. The number of hydrogen-bond acceptors (Lipinski definition) is 4. The second-order valence-electron chi connectivity index (χ2n) is 6.71. The number of oxazole rings is 1. The highest BCUT2D eigenvalue weighted by Crippen LogP contribution is 2.33. The predicted molar refractivity (Wildman–Crippen MR) is 120 cm³/mol. The lowest BCUT2D eigenvalue weighted by atomic mass is 10.1. The molecule has 4 rings (SSSR count). The van der Waals surface area contributed by atoms with Gasteiger partial charge in [-0.05, 0) is 66.6 Å². The highest BCUT2D eigenvalue weighted by Gasteiger charge is 2.14. The molecule has 0 radical (unpaired) electrons. The van der Waals surface area contributed by atoms with Crippen LogP contribution in [0.4, 0.5) is 5.69 Å². The molecule has 0 aliphatic carbocycles. The van der Waals surface area contributed by atoms with E-state index >= 15 is 0 Å². The molecule has 150 valence electrons. The number of rotatable bonds is 4. The number of fused-ring (bicyclic) bond motifs is 1. The average molecular weight is 439 g/mol. The van der Waals surface area contributed by atoms with Crippen molar-refractivity contribution >= 4 is 52.0 Å². The fraction of sp³-hybridized carbons (Fsp3) is 0.0435. The molecule has 0 fully saturated rings. The molecule has 1 heterocycles. The van der Waals surface area contributed by atoms with Gasteiger partial charge in [0.2, 0.25) is 11.8 Å². The minimum atomic E-state index is -0.356. The van der Waals surface area contributed by atoms with Crippen molar-refractivity contribution in [3.05, 3.63) is 81.8 Å². The van der Waals surface area contributed by atoms with Crippen molar-refractivity contribution in [2.45, 2.75) is 6.92 Å². The van der Waals surface area contributed by atoms with Crippen molar-refractivity contribution in [1.82, 2.24) is 4.98 Å². The number of carbonyl (C=O) groups excluding carboxylic acids is 1. The number of benzene rings is 3. The molecule has 0 saturated carbocycles. The number of aromatic hydroxyl groups is 1. The molecule has 3 aromatic carbocycles. The van der Waals surface area contributed by atoms with Gasteiger partial charge in [-0.3, -0.25) is 4.79 Å². The Balaban J connectivity index is 1.56. The largest absolute Gasteiger partial charge is 0.507 e. The van der Waals surface area contributed by atoms with Crippen LogP contribution in [0.2, 0.25) is 10.0 Å². The lowest BCUT2D eigenvalue weighted by Crippen LogP contribution is -2.07. The van der Waals surface area contributed by atoms with Gasteiger partial charge in [-0.25, -0.2) is 4.98 Å². The molecule has 1 amide bonds. The van der Waals surface area contributed by atoms with Crippen molar-refractivity contribution in [3.63, 3.8) is 0 Å². The molecule has 0 unspecified atom stereocenters. The van der Waals surface area contributed by atoms with E-state index in [2.05, 4.69) is 10.3 Å². The van der Waals surface area contributed by atoms with Gasteiger partial charge in [0.25, 0.3) is 0 Å². The number of phenolic OH excluding ortho intramolecular Hbond substituents is 1. The van der Waals surface area contributed by atoms with Crippen molar-refractivity contribution in [2.75, 3.05) is 5.32 Å². The fourth-order valence-electron chi connectivity index (χ4n) is 2.92. The number of aryl methyl sites for hydroxylation is 1. The monoisotopic (exact) mass is 438 g/mol. The van der Waals surface area contributed by atoms with Gasteiger partial charge in [-0.1, -0.05) is 35.3 Å². The molecule has 5 nitrogen and oxygen atoms in total. The summed E-state index contributed by atoms with van der Waals surface area (Å²) in [6, 6.07) is 15.3.